The van der Waals surface area contributed by atoms with Crippen LogP contribution in [-0.2, 0) is 9.53 Å². The summed E-state index contributed by atoms with van der Waals surface area (Å²) in [5.41, 5.74) is 0.647. The zero-order valence-electron chi connectivity index (χ0n) is 5.50. The largest absolute Gasteiger partial charge is 0.465 e. The zero-order chi connectivity index (χ0) is 7.40. The Bertz CT molecular complexity index is 226. The fourth-order valence-corrected chi connectivity index (χ4v) is 1.99. The second-order valence-electron chi connectivity index (χ2n) is 1.66. The number of ether oxygens (including phenoxy) is 1. The highest BCUT2D eigenvalue weighted by Gasteiger charge is 2.04. The summed E-state index contributed by atoms with van der Waals surface area (Å²) in [5.74, 6) is -0.254. The molecule has 3 heteroatoms. The Hall–Kier alpha value is -0.450. The van der Waals surface area contributed by atoms with Crippen LogP contribution in [0.2, 0.25) is 0 Å². The third-order valence-corrected chi connectivity index (χ3v) is 2.60. The van der Waals surface area contributed by atoms with Gasteiger partial charge in [0.05, 0.1) is 12.7 Å². The Morgan fingerprint density at radius 3 is 3.00 bits per heavy atom. The van der Waals surface area contributed by atoms with Gasteiger partial charge in [-0.25, -0.2) is 4.79 Å². The highest BCUT2D eigenvalue weighted by molar-refractivity contribution is 14.2. The predicted molar refractivity (Wildman–Crippen MR) is 49.3 cm³/mol. The summed E-state index contributed by atoms with van der Waals surface area (Å²) >= 11 is 0.0670. The molecule has 0 aromatic rings. The van der Waals surface area contributed by atoms with E-state index in [2.05, 4.69) is 4.74 Å². The van der Waals surface area contributed by atoms with Crippen LogP contribution in [0, 0.1) is 0 Å². The summed E-state index contributed by atoms with van der Waals surface area (Å²) in [6.07, 6.45) is 3.64. The number of carbonyl (C=O) groups excluding carboxylic acids is 1. The van der Waals surface area contributed by atoms with Gasteiger partial charge >= 0.3 is 5.97 Å². The van der Waals surface area contributed by atoms with Crippen LogP contribution < -0.4 is 0 Å². The molecule has 0 aromatic heterocycles. The minimum absolute atomic E-state index is 0.0670. The van der Waals surface area contributed by atoms with E-state index in [-0.39, 0.29) is 26.7 Å². The van der Waals surface area contributed by atoms with Gasteiger partial charge in [-0.1, -0.05) is 20.7 Å². The molecule has 0 unspecified atom stereocenters. The number of carbonyl (C=O) groups is 1. The first-order valence-corrected chi connectivity index (χ1v) is 5.24. The molecule has 0 saturated carbocycles. The first-order valence-electron chi connectivity index (χ1n) is 2.75. The molecule has 0 saturated heterocycles. The maximum Gasteiger partial charge on any atom is 0.337 e. The molecule has 1 aliphatic heterocycles. The lowest BCUT2D eigenvalue weighted by molar-refractivity contribution is -0.135. The molecule has 0 fully saturated rings. The summed E-state index contributed by atoms with van der Waals surface area (Å²) in [4.78, 5) is 10.8. The van der Waals surface area contributed by atoms with Crippen molar-refractivity contribution >= 4 is 30.7 Å². The van der Waals surface area contributed by atoms with Gasteiger partial charge in [-0.2, -0.15) is 0 Å². The van der Waals surface area contributed by atoms with Gasteiger partial charge in [-0.05, 0) is 20.2 Å². The standard InChI is InChI=1S/C7H7IO2/c1-10-7(9)6-2-4-8-5-3-6/h2-5H,1H3. The van der Waals surface area contributed by atoms with Gasteiger partial charge in [0.1, 0.15) is 0 Å². The molecular formula is C7H7IO2. The smallest absolute Gasteiger partial charge is 0.337 e. The third kappa shape index (κ3) is 1.76. The third-order valence-electron chi connectivity index (χ3n) is 1.05. The fraction of sp³-hybridized carbons (Fsp3) is 0.143. The summed E-state index contributed by atoms with van der Waals surface area (Å²) in [6.45, 7) is 0. The number of hydrogen-bond acceptors (Lipinski definition) is 2. The van der Waals surface area contributed by atoms with Crippen LogP contribution in [0.3, 0.4) is 0 Å². The Kier molecular flexibility index (Phi) is 2.80. The quantitative estimate of drug-likeness (QED) is 0.519. The lowest BCUT2D eigenvalue weighted by atomic mass is 10.2. The Morgan fingerprint density at radius 1 is 1.70 bits per heavy atom. The van der Waals surface area contributed by atoms with Gasteiger partial charge in [0.25, 0.3) is 0 Å². The van der Waals surface area contributed by atoms with Gasteiger partial charge in [-0.3, -0.25) is 0 Å². The zero-order valence-corrected chi connectivity index (χ0v) is 7.66. The molecule has 0 aliphatic carbocycles. The summed E-state index contributed by atoms with van der Waals surface area (Å²) in [7, 11) is 1.39. The van der Waals surface area contributed by atoms with Crippen molar-refractivity contribution in [1.29, 1.82) is 0 Å². The van der Waals surface area contributed by atoms with E-state index in [1.54, 1.807) is 0 Å². The summed E-state index contributed by atoms with van der Waals surface area (Å²) < 4.78 is 8.59. The number of methoxy groups -OCH3 is 1. The lowest BCUT2D eigenvalue weighted by Gasteiger charge is -1.98. The van der Waals surface area contributed by atoms with Gasteiger partial charge in [0, 0.05) is 0 Å². The monoisotopic (exact) mass is 250 g/mol. The van der Waals surface area contributed by atoms with E-state index in [4.69, 9.17) is 0 Å². The fourth-order valence-electron chi connectivity index (χ4n) is 0.560. The molecule has 0 atom stereocenters. The van der Waals surface area contributed by atoms with Crippen LogP contribution in [0.1, 0.15) is 0 Å². The number of hydrogen-bond donors (Lipinski definition) is 0. The molecule has 0 N–H and O–H groups in total. The maximum absolute atomic E-state index is 10.8. The van der Waals surface area contributed by atoms with Crippen molar-refractivity contribution in [2.75, 3.05) is 7.11 Å². The lowest BCUT2D eigenvalue weighted by Crippen LogP contribution is -2.02. The molecule has 54 valence electrons. The first kappa shape index (κ1) is 7.65. The van der Waals surface area contributed by atoms with E-state index in [0.717, 1.165) is 0 Å². The van der Waals surface area contributed by atoms with Crippen LogP contribution in [0.15, 0.2) is 21.8 Å². The van der Waals surface area contributed by atoms with Crippen LogP contribution >= 0.6 is 20.7 Å². The number of allylic oxidation sites excluding steroid dienone is 1. The average molecular weight is 250 g/mol. The van der Waals surface area contributed by atoms with Crippen molar-refractivity contribution in [1.82, 2.24) is 0 Å². The second-order valence-corrected chi connectivity index (χ2v) is 3.82. The van der Waals surface area contributed by atoms with E-state index in [1.165, 1.54) is 7.11 Å². The minimum atomic E-state index is -0.254. The Balaban J connectivity index is 2.74. The Labute approximate surface area is 69.3 Å². The van der Waals surface area contributed by atoms with Gasteiger partial charge in [-0.15, -0.1) is 0 Å². The number of esters is 1. The van der Waals surface area contributed by atoms with E-state index >= 15 is 0 Å². The molecule has 2 nitrogen and oxygen atoms in total. The SMILES string of the molecule is COC(=O)C1=CC=IC=C1. The second kappa shape index (κ2) is 3.65. The van der Waals surface area contributed by atoms with Gasteiger partial charge in [0.2, 0.25) is 0 Å². The molecule has 0 spiro atoms. The molecular weight excluding hydrogens is 243 g/mol. The Morgan fingerprint density at radius 2 is 2.50 bits per heavy atom. The molecule has 0 aromatic carbocycles. The van der Waals surface area contributed by atoms with E-state index in [0.29, 0.717) is 5.57 Å². The number of halogens is 1. The van der Waals surface area contributed by atoms with E-state index < -0.39 is 0 Å². The van der Waals surface area contributed by atoms with E-state index in [9.17, 15) is 4.79 Å². The summed E-state index contributed by atoms with van der Waals surface area (Å²) in [5, 5.41) is 0. The van der Waals surface area contributed by atoms with Crippen LogP contribution in [0.5, 0.6) is 0 Å². The normalized spacial score (nSPS) is 15.5. The van der Waals surface area contributed by atoms with E-state index in [1.807, 2.05) is 20.2 Å². The maximum atomic E-state index is 10.8. The van der Waals surface area contributed by atoms with Crippen molar-refractivity contribution in [2.45, 2.75) is 0 Å². The molecule has 0 radical (unpaired) electrons. The topological polar surface area (TPSA) is 26.3 Å². The molecule has 1 heterocycles. The van der Waals surface area contributed by atoms with Crippen LogP contribution in [0.25, 0.3) is 0 Å². The molecule has 1 aliphatic rings. The first-order chi connectivity index (χ1) is 4.84. The predicted octanol–water partition coefficient (Wildman–Crippen LogP) is 1.39. The molecule has 1 rings (SSSR count). The highest BCUT2D eigenvalue weighted by atomic mass is 127. The van der Waals surface area contributed by atoms with Gasteiger partial charge < -0.3 is 4.74 Å². The van der Waals surface area contributed by atoms with Crippen molar-refractivity contribution < 1.29 is 9.53 Å². The summed E-state index contributed by atoms with van der Waals surface area (Å²) in [6, 6.07) is 0. The number of rotatable bonds is 1. The van der Waals surface area contributed by atoms with Crippen LogP contribution in [0.4, 0.5) is 0 Å². The van der Waals surface area contributed by atoms with Crippen molar-refractivity contribution in [3.8, 4) is 0 Å². The average Bonchev–Trinajstić information content (AvgIpc) is 2.05. The minimum Gasteiger partial charge on any atom is -0.465 e. The van der Waals surface area contributed by atoms with Crippen LogP contribution in [-0.4, -0.2) is 17.1 Å². The van der Waals surface area contributed by atoms with Crippen molar-refractivity contribution in [3.63, 3.8) is 0 Å². The van der Waals surface area contributed by atoms with Gasteiger partial charge in [0.15, 0.2) is 0 Å². The van der Waals surface area contributed by atoms with Crippen molar-refractivity contribution in [3.05, 3.63) is 21.8 Å². The molecule has 0 amide bonds. The molecule has 0 bridgehead atoms. The highest BCUT2D eigenvalue weighted by Crippen LogP contribution is 2.10. The molecule has 10 heavy (non-hydrogen) atoms. The van der Waals surface area contributed by atoms with Crippen molar-refractivity contribution in [2.24, 2.45) is 0 Å².